The van der Waals surface area contributed by atoms with Crippen LogP contribution in [0.1, 0.15) is 22.4 Å². The van der Waals surface area contributed by atoms with Crippen LogP contribution in [0.4, 0.5) is 5.69 Å². The van der Waals surface area contributed by atoms with E-state index in [1.165, 1.54) is 28.7 Å². The number of benzene rings is 2. The van der Waals surface area contributed by atoms with Gasteiger partial charge in [-0.05, 0) is 31.5 Å². The van der Waals surface area contributed by atoms with Crippen LogP contribution in [0.25, 0.3) is 0 Å². The van der Waals surface area contributed by atoms with Gasteiger partial charge in [0.05, 0.1) is 17.9 Å². The third-order valence-electron chi connectivity index (χ3n) is 4.14. The minimum Gasteiger partial charge on any atom is -0.352 e. The molecule has 2 amide bonds. The third-order valence-corrected chi connectivity index (χ3v) is 6.21. The second kappa shape index (κ2) is 10.2. The monoisotopic (exact) mass is 425 g/mol. The summed E-state index contributed by atoms with van der Waals surface area (Å²) in [5, 5.41) is 7.65. The van der Waals surface area contributed by atoms with Crippen LogP contribution in [-0.2, 0) is 22.6 Å². The normalized spacial score (nSPS) is 10.6. The lowest BCUT2D eigenvalue weighted by atomic mass is 10.1. The molecule has 5 nitrogen and oxygen atoms in total. The number of thioether (sulfide) groups is 1. The maximum absolute atomic E-state index is 12.1. The summed E-state index contributed by atoms with van der Waals surface area (Å²) in [4.78, 5) is 28.7. The van der Waals surface area contributed by atoms with Gasteiger partial charge < -0.3 is 10.6 Å². The second-order valence-electron chi connectivity index (χ2n) is 6.75. The summed E-state index contributed by atoms with van der Waals surface area (Å²) in [5.41, 5.74) is 4.91. The van der Waals surface area contributed by atoms with Crippen molar-refractivity contribution in [2.24, 2.45) is 0 Å². The lowest BCUT2D eigenvalue weighted by molar-refractivity contribution is -0.120. The summed E-state index contributed by atoms with van der Waals surface area (Å²) in [6.45, 7) is 4.54. The number of anilines is 1. The highest BCUT2D eigenvalue weighted by molar-refractivity contribution is 8.01. The van der Waals surface area contributed by atoms with Crippen molar-refractivity contribution in [1.29, 1.82) is 0 Å². The van der Waals surface area contributed by atoms with Crippen molar-refractivity contribution in [2.45, 2.75) is 31.2 Å². The molecule has 1 aromatic heterocycles. The molecule has 2 aromatic carbocycles. The number of carbonyl (C=O) groups is 2. The standard InChI is InChI=1S/C22H23N3O2S2/c1-15-3-7-17(8-4-15)12-23-20(26)11-19-13-28-22(25-19)29-14-21(27)24-18-9-5-16(2)6-10-18/h3-10,13H,11-12,14H2,1-2H3,(H,23,26)(H,24,27). The largest absolute Gasteiger partial charge is 0.352 e. The predicted molar refractivity (Wildman–Crippen MR) is 119 cm³/mol. The van der Waals surface area contributed by atoms with Crippen molar-refractivity contribution in [3.63, 3.8) is 0 Å². The van der Waals surface area contributed by atoms with E-state index in [4.69, 9.17) is 0 Å². The molecular formula is C22H23N3O2S2. The van der Waals surface area contributed by atoms with E-state index in [0.717, 1.165) is 26.8 Å². The van der Waals surface area contributed by atoms with Crippen molar-refractivity contribution in [1.82, 2.24) is 10.3 Å². The molecule has 0 aliphatic carbocycles. The lowest BCUT2D eigenvalue weighted by Gasteiger charge is -2.05. The predicted octanol–water partition coefficient (Wildman–Crippen LogP) is 4.35. The van der Waals surface area contributed by atoms with Crippen LogP contribution in [0.2, 0.25) is 0 Å². The zero-order chi connectivity index (χ0) is 20.6. The molecule has 0 aliphatic rings. The second-order valence-corrected chi connectivity index (χ2v) is 8.83. The number of rotatable bonds is 8. The van der Waals surface area contributed by atoms with Crippen molar-refractivity contribution >= 4 is 40.6 Å². The Morgan fingerprint density at radius 1 is 0.966 bits per heavy atom. The highest BCUT2D eigenvalue weighted by atomic mass is 32.2. The molecular weight excluding hydrogens is 402 g/mol. The number of aryl methyl sites for hydroxylation is 2. The Hall–Kier alpha value is -2.64. The summed E-state index contributed by atoms with van der Waals surface area (Å²) in [5.74, 6) is 0.136. The average Bonchev–Trinajstić information content (AvgIpc) is 3.15. The maximum atomic E-state index is 12.1. The highest BCUT2D eigenvalue weighted by Gasteiger charge is 2.10. The smallest absolute Gasteiger partial charge is 0.234 e. The summed E-state index contributed by atoms with van der Waals surface area (Å²) < 4.78 is 0.783. The van der Waals surface area contributed by atoms with E-state index >= 15 is 0 Å². The molecule has 7 heteroatoms. The molecule has 0 fully saturated rings. The molecule has 0 radical (unpaired) electrons. The fourth-order valence-electron chi connectivity index (χ4n) is 2.53. The van der Waals surface area contributed by atoms with Crippen molar-refractivity contribution in [3.05, 3.63) is 76.3 Å². The Labute approximate surface area is 179 Å². The molecule has 0 bridgehead atoms. The van der Waals surface area contributed by atoms with Crippen LogP contribution < -0.4 is 10.6 Å². The first-order chi connectivity index (χ1) is 14.0. The quantitative estimate of drug-likeness (QED) is 0.527. The lowest BCUT2D eigenvalue weighted by Crippen LogP contribution is -2.24. The molecule has 1 heterocycles. The van der Waals surface area contributed by atoms with E-state index in [1.54, 1.807) is 0 Å². The average molecular weight is 426 g/mol. The van der Waals surface area contributed by atoms with Gasteiger partial charge in [-0.2, -0.15) is 0 Å². The van der Waals surface area contributed by atoms with Gasteiger partial charge in [-0.25, -0.2) is 4.98 Å². The summed E-state index contributed by atoms with van der Waals surface area (Å²) in [6, 6.07) is 15.8. The van der Waals surface area contributed by atoms with Crippen LogP contribution in [0, 0.1) is 13.8 Å². The molecule has 2 N–H and O–H groups in total. The van der Waals surface area contributed by atoms with Crippen molar-refractivity contribution in [3.8, 4) is 0 Å². The molecule has 29 heavy (non-hydrogen) atoms. The first-order valence-corrected chi connectivity index (χ1v) is 11.1. The van der Waals surface area contributed by atoms with E-state index in [-0.39, 0.29) is 24.0 Å². The molecule has 3 aromatic rings. The van der Waals surface area contributed by atoms with Crippen LogP contribution in [-0.4, -0.2) is 22.6 Å². The Morgan fingerprint density at radius 2 is 1.62 bits per heavy atom. The highest BCUT2D eigenvalue weighted by Crippen LogP contribution is 2.23. The minimum atomic E-state index is -0.0774. The number of carbonyl (C=O) groups excluding carboxylic acids is 2. The van der Waals surface area contributed by atoms with Crippen molar-refractivity contribution in [2.75, 3.05) is 11.1 Å². The zero-order valence-corrected chi connectivity index (χ0v) is 18.0. The molecule has 0 unspecified atom stereocenters. The fourth-order valence-corrected chi connectivity index (χ4v) is 4.18. The number of aromatic nitrogens is 1. The van der Waals surface area contributed by atoms with E-state index in [1.807, 2.05) is 67.8 Å². The number of hydrogen-bond donors (Lipinski definition) is 2. The van der Waals surface area contributed by atoms with Gasteiger partial charge >= 0.3 is 0 Å². The maximum Gasteiger partial charge on any atom is 0.234 e. The summed E-state index contributed by atoms with van der Waals surface area (Å²) in [7, 11) is 0. The Bertz CT molecular complexity index is 966. The summed E-state index contributed by atoms with van der Waals surface area (Å²) in [6.07, 6.45) is 0.235. The van der Waals surface area contributed by atoms with Crippen molar-refractivity contribution < 1.29 is 9.59 Å². The molecule has 150 valence electrons. The van der Waals surface area contributed by atoms with Gasteiger partial charge in [0.15, 0.2) is 4.34 Å². The van der Waals surface area contributed by atoms with Crippen LogP contribution in [0.3, 0.4) is 0 Å². The van der Waals surface area contributed by atoms with Gasteiger partial charge in [-0.3, -0.25) is 9.59 Å². The molecule has 0 saturated carbocycles. The van der Waals surface area contributed by atoms with Gasteiger partial charge in [-0.15, -0.1) is 11.3 Å². The number of hydrogen-bond acceptors (Lipinski definition) is 5. The van der Waals surface area contributed by atoms with Crippen LogP contribution in [0.15, 0.2) is 58.3 Å². The number of nitrogens with one attached hydrogen (secondary N) is 2. The van der Waals surface area contributed by atoms with E-state index < -0.39 is 0 Å². The topological polar surface area (TPSA) is 71.1 Å². The van der Waals surface area contributed by atoms with Gasteiger partial charge in [0.1, 0.15) is 0 Å². The first kappa shape index (κ1) is 21.1. The van der Waals surface area contributed by atoms with Crippen LogP contribution in [0.5, 0.6) is 0 Å². The zero-order valence-electron chi connectivity index (χ0n) is 16.4. The molecule has 0 aliphatic heterocycles. The molecule has 0 spiro atoms. The minimum absolute atomic E-state index is 0.0652. The van der Waals surface area contributed by atoms with Crippen LogP contribution >= 0.6 is 23.1 Å². The van der Waals surface area contributed by atoms with E-state index in [0.29, 0.717) is 6.54 Å². The van der Waals surface area contributed by atoms with Gasteiger partial charge in [0, 0.05) is 17.6 Å². The Morgan fingerprint density at radius 3 is 2.31 bits per heavy atom. The Balaban J connectivity index is 1.41. The van der Waals surface area contributed by atoms with E-state index in [9.17, 15) is 9.59 Å². The SMILES string of the molecule is Cc1ccc(CNC(=O)Cc2csc(SCC(=O)Nc3ccc(C)cc3)n2)cc1. The fraction of sp³-hybridized carbons (Fsp3) is 0.227. The molecule has 3 rings (SSSR count). The number of nitrogens with zero attached hydrogens (tertiary/aromatic N) is 1. The van der Waals surface area contributed by atoms with E-state index in [2.05, 4.69) is 15.6 Å². The van der Waals surface area contributed by atoms with Gasteiger partial charge in [-0.1, -0.05) is 59.3 Å². The molecule has 0 saturated heterocycles. The number of thiazole rings is 1. The molecule has 0 atom stereocenters. The first-order valence-electron chi connectivity index (χ1n) is 9.24. The summed E-state index contributed by atoms with van der Waals surface area (Å²) >= 11 is 2.82. The Kier molecular flexibility index (Phi) is 7.43. The van der Waals surface area contributed by atoms with Gasteiger partial charge in [0.2, 0.25) is 11.8 Å². The number of amides is 2. The third kappa shape index (κ3) is 7.03. The van der Waals surface area contributed by atoms with Gasteiger partial charge in [0.25, 0.3) is 0 Å².